The second-order valence-electron chi connectivity index (χ2n) is 5.98. The fourth-order valence-electron chi connectivity index (χ4n) is 1.98. The molecule has 1 aromatic rings. The predicted octanol–water partition coefficient (Wildman–Crippen LogP) is 4.42. The Labute approximate surface area is 156 Å². The number of alkyl halides is 3. The Morgan fingerprint density at radius 1 is 1.07 bits per heavy atom. The van der Waals surface area contributed by atoms with Gasteiger partial charge in [-0.05, 0) is 45.9 Å². The molecule has 0 amide bonds. The van der Waals surface area contributed by atoms with Gasteiger partial charge in [-0.2, -0.15) is 21.6 Å². The van der Waals surface area contributed by atoms with Crippen LogP contribution < -0.4 is 4.74 Å². The number of rotatable bonds is 9. The van der Waals surface area contributed by atoms with Gasteiger partial charge in [-0.3, -0.25) is 8.75 Å². The molecule has 0 saturated carbocycles. The predicted molar refractivity (Wildman–Crippen MR) is 91.2 cm³/mol. The molecular formula is C15H22F3O7PS. The van der Waals surface area contributed by atoms with Crippen LogP contribution in [0.25, 0.3) is 0 Å². The molecule has 0 unspecified atom stereocenters. The zero-order chi connectivity index (χ0) is 21.0. The fourth-order valence-corrected chi connectivity index (χ4v) is 5.25. The number of methoxy groups -OCH3 is 1. The van der Waals surface area contributed by atoms with Crippen molar-refractivity contribution in [2.24, 2.45) is 0 Å². The normalized spacial score (nSPS) is 13.4. The van der Waals surface area contributed by atoms with Crippen LogP contribution in [-0.2, 0) is 34.1 Å². The summed E-state index contributed by atoms with van der Waals surface area (Å²) in [5.41, 5.74) is -1.09. The Hall–Kier alpha value is -1.13. The van der Waals surface area contributed by atoms with Gasteiger partial charge >= 0.3 is 23.9 Å². The summed E-state index contributed by atoms with van der Waals surface area (Å²) < 4.78 is 95.5. The first-order valence-corrected chi connectivity index (χ1v) is 10.9. The molecule has 1 rings (SSSR count). The highest BCUT2D eigenvalue weighted by Gasteiger charge is 2.35. The molecule has 0 bridgehead atoms. The van der Waals surface area contributed by atoms with Gasteiger partial charge in [0, 0.05) is 0 Å². The number of hydrogen-bond acceptors (Lipinski definition) is 7. The molecule has 0 saturated heterocycles. The van der Waals surface area contributed by atoms with Gasteiger partial charge in [0.25, 0.3) is 0 Å². The van der Waals surface area contributed by atoms with Crippen molar-refractivity contribution in [3.05, 3.63) is 23.8 Å². The van der Waals surface area contributed by atoms with Gasteiger partial charge in [-0.15, -0.1) is 0 Å². The zero-order valence-electron chi connectivity index (χ0n) is 15.4. The number of halogens is 3. The standard InChI is InChI=1S/C15H22F3O7PS/c1-10(2)24-26(19,25-11(3)4)9-23-27(20,21)14-7-6-12(15(16,17)18)8-13(14)22-5/h6-8,10-11H,9H2,1-5H3. The molecule has 0 aliphatic heterocycles. The molecule has 7 nitrogen and oxygen atoms in total. The maximum atomic E-state index is 12.8. The third-order valence-corrected chi connectivity index (χ3v) is 6.28. The molecule has 1 aromatic carbocycles. The van der Waals surface area contributed by atoms with Gasteiger partial charge in [-0.1, -0.05) is 0 Å². The Bertz CT molecular complexity index is 777. The molecule has 0 heterocycles. The summed E-state index contributed by atoms with van der Waals surface area (Å²) in [5.74, 6) is -0.561. The van der Waals surface area contributed by atoms with Crippen molar-refractivity contribution < 1.29 is 44.1 Å². The summed E-state index contributed by atoms with van der Waals surface area (Å²) in [6.07, 6.45) is -6.69. The Morgan fingerprint density at radius 2 is 1.59 bits per heavy atom. The van der Waals surface area contributed by atoms with Crippen LogP contribution in [0.5, 0.6) is 5.75 Å². The smallest absolute Gasteiger partial charge is 0.416 e. The third-order valence-electron chi connectivity index (χ3n) is 2.87. The van der Waals surface area contributed by atoms with E-state index < -0.39 is 58.7 Å². The van der Waals surface area contributed by atoms with Crippen LogP contribution in [0.2, 0.25) is 0 Å². The number of ether oxygens (including phenoxy) is 1. The third kappa shape index (κ3) is 7.08. The summed E-state index contributed by atoms with van der Waals surface area (Å²) in [4.78, 5) is -0.640. The number of benzene rings is 1. The first kappa shape index (κ1) is 23.9. The molecule has 0 aromatic heterocycles. The first-order valence-electron chi connectivity index (χ1n) is 7.80. The molecule has 0 spiro atoms. The van der Waals surface area contributed by atoms with Crippen molar-refractivity contribution in [2.45, 2.75) is 51.0 Å². The van der Waals surface area contributed by atoms with Crippen molar-refractivity contribution >= 4 is 17.7 Å². The minimum Gasteiger partial charge on any atom is -0.495 e. The van der Waals surface area contributed by atoms with Crippen LogP contribution in [0.4, 0.5) is 13.2 Å². The second-order valence-corrected chi connectivity index (χ2v) is 9.47. The van der Waals surface area contributed by atoms with Crippen molar-refractivity contribution in [3.63, 3.8) is 0 Å². The summed E-state index contributed by atoms with van der Waals surface area (Å²) in [6.45, 7) is 6.29. The maximum absolute atomic E-state index is 12.8. The molecule has 27 heavy (non-hydrogen) atoms. The summed E-state index contributed by atoms with van der Waals surface area (Å²) in [6, 6.07) is 1.81. The van der Waals surface area contributed by atoms with E-state index in [9.17, 15) is 26.2 Å². The van der Waals surface area contributed by atoms with Crippen LogP contribution in [0, 0.1) is 0 Å². The average molecular weight is 434 g/mol. The zero-order valence-corrected chi connectivity index (χ0v) is 17.2. The van der Waals surface area contributed by atoms with Crippen LogP contribution >= 0.6 is 7.60 Å². The molecule has 0 aliphatic carbocycles. The molecule has 0 radical (unpaired) electrons. The lowest BCUT2D eigenvalue weighted by atomic mass is 10.2. The number of hydrogen-bond donors (Lipinski definition) is 0. The van der Waals surface area contributed by atoms with Crippen molar-refractivity contribution in [3.8, 4) is 5.75 Å². The van der Waals surface area contributed by atoms with Gasteiger partial charge < -0.3 is 13.8 Å². The fraction of sp³-hybridized carbons (Fsp3) is 0.600. The van der Waals surface area contributed by atoms with E-state index in [0.29, 0.717) is 18.2 Å². The van der Waals surface area contributed by atoms with Crippen LogP contribution in [0.15, 0.2) is 23.1 Å². The summed E-state index contributed by atoms with van der Waals surface area (Å²) in [5, 5.41) is 0. The van der Waals surface area contributed by atoms with E-state index in [1.807, 2.05) is 0 Å². The monoisotopic (exact) mass is 434 g/mol. The molecule has 12 heteroatoms. The van der Waals surface area contributed by atoms with Crippen molar-refractivity contribution in [1.82, 2.24) is 0 Å². The Balaban J connectivity index is 3.14. The van der Waals surface area contributed by atoms with E-state index in [0.717, 1.165) is 7.11 Å². The van der Waals surface area contributed by atoms with E-state index in [1.54, 1.807) is 27.7 Å². The molecule has 0 aliphatic rings. The van der Waals surface area contributed by atoms with Gasteiger partial charge in [0.05, 0.1) is 24.9 Å². The van der Waals surface area contributed by atoms with E-state index in [4.69, 9.17) is 18.0 Å². The first-order chi connectivity index (χ1) is 12.2. The van der Waals surface area contributed by atoms with Gasteiger partial charge in [-0.25, -0.2) is 0 Å². The van der Waals surface area contributed by atoms with Crippen molar-refractivity contribution in [1.29, 1.82) is 0 Å². The van der Waals surface area contributed by atoms with Crippen LogP contribution in [-0.4, -0.2) is 34.1 Å². The Kier molecular flexibility index (Phi) is 7.89. The van der Waals surface area contributed by atoms with E-state index in [1.165, 1.54) is 0 Å². The lowest BCUT2D eigenvalue weighted by molar-refractivity contribution is -0.137. The average Bonchev–Trinajstić information content (AvgIpc) is 2.50. The highest BCUT2D eigenvalue weighted by molar-refractivity contribution is 7.87. The largest absolute Gasteiger partial charge is 0.495 e. The quantitative estimate of drug-likeness (QED) is 0.420. The SMILES string of the molecule is COc1cc(C(F)(F)F)ccc1S(=O)(=O)OCP(=O)(OC(C)C)OC(C)C. The van der Waals surface area contributed by atoms with Gasteiger partial charge in [0.2, 0.25) is 0 Å². The highest BCUT2D eigenvalue weighted by Crippen LogP contribution is 2.51. The summed E-state index contributed by atoms with van der Waals surface area (Å²) >= 11 is 0. The lowest BCUT2D eigenvalue weighted by Crippen LogP contribution is -2.15. The van der Waals surface area contributed by atoms with Gasteiger partial charge in [0.15, 0.2) is 6.35 Å². The molecule has 0 N–H and O–H groups in total. The van der Waals surface area contributed by atoms with E-state index in [-0.39, 0.29) is 0 Å². The molecule has 156 valence electrons. The van der Waals surface area contributed by atoms with Crippen molar-refractivity contribution in [2.75, 3.05) is 13.5 Å². The maximum Gasteiger partial charge on any atom is 0.416 e. The summed E-state index contributed by atoms with van der Waals surface area (Å²) in [7, 11) is -7.51. The lowest BCUT2D eigenvalue weighted by Gasteiger charge is -2.22. The molecule has 0 fully saturated rings. The second kappa shape index (κ2) is 8.91. The topological polar surface area (TPSA) is 88.1 Å². The van der Waals surface area contributed by atoms with Gasteiger partial charge in [0.1, 0.15) is 10.6 Å². The van der Waals surface area contributed by atoms with E-state index >= 15 is 0 Å². The molecular weight excluding hydrogens is 412 g/mol. The highest BCUT2D eigenvalue weighted by atomic mass is 32.2. The van der Waals surface area contributed by atoms with Crippen LogP contribution in [0.1, 0.15) is 33.3 Å². The minimum absolute atomic E-state index is 0.533. The Morgan fingerprint density at radius 3 is 2.00 bits per heavy atom. The molecule has 0 atom stereocenters. The minimum atomic E-state index is -4.68. The van der Waals surface area contributed by atoms with E-state index in [2.05, 4.69) is 0 Å². The van der Waals surface area contributed by atoms with Crippen LogP contribution in [0.3, 0.4) is 0 Å².